The van der Waals surface area contributed by atoms with Crippen molar-refractivity contribution >= 4 is 23.4 Å². The molecule has 0 aliphatic heterocycles. The summed E-state index contributed by atoms with van der Waals surface area (Å²) in [4.78, 5) is 31.8. The van der Waals surface area contributed by atoms with Crippen LogP contribution in [-0.4, -0.2) is 23.4 Å². The highest BCUT2D eigenvalue weighted by atomic mass is 16.7. The lowest BCUT2D eigenvalue weighted by Gasteiger charge is -2.41. The Kier molecular flexibility index (Phi) is 5.09. The molecule has 0 amide bonds. The molecule has 0 radical (unpaired) electrons. The Morgan fingerprint density at radius 3 is 1.67 bits per heavy atom. The molecule has 0 N–H and O–H groups in total. The molecule has 0 aromatic rings. The van der Waals surface area contributed by atoms with Crippen molar-refractivity contribution in [2.24, 2.45) is 15.7 Å². The summed E-state index contributed by atoms with van der Waals surface area (Å²) in [7, 11) is 0. The maximum Gasteiger partial charge on any atom is 0.331 e. The zero-order chi connectivity index (χ0) is 15.3. The first-order chi connectivity index (χ1) is 10.0. The molecular weight excluding hydrogens is 272 g/mol. The Hall–Kier alpha value is -1.72. The highest BCUT2D eigenvalue weighted by Crippen LogP contribution is 2.44. The van der Waals surface area contributed by atoms with Gasteiger partial charge in [-0.1, -0.05) is 23.2 Å². The SMILES string of the molecule is CC(=O)O/N=C1/CCCCC12CCCC/C2=N/OC(C)=O. The van der Waals surface area contributed by atoms with E-state index in [1.54, 1.807) is 0 Å². The highest BCUT2D eigenvalue weighted by Gasteiger charge is 2.45. The molecule has 0 heterocycles. The maximum absolute atomic E-state index is 11.0. The van der Waals surface area contributed by atoms with Gasteiger partial charge < -0.3 is 9.68 Å². The third-order valence-corrected chi connectivity index (χ3v) is 4.21. The average molecular weight is 294 g/mol. The van der Waals surface area contributed by atoms with Crippen LogP contribution in [-0.2, 0) is 19.3 Å². The summed E-state index contributed by atoms with van der Waals surface area (Å²) < 4.78 is 0. The van der Waals surface area contributed by atoms with E-state index in [1.807, 2.05) is 0 Å². The molecule has 0 aromatic heterocycles. The molecule has 2 fully saturated rings. The third kappa shape index (κ3) is 3.68. The van der Waals surface area contributed by atoms with Gasteiger partial charge in [-0.25, -0.2) is 9.59 Å². The molecule has 2 saturated carbocycles. The molecule has 0 atom stereocenters. The number of hydrogen-bond acceptors (Lipinski definition) is 6. The molecule has 2 aliphatic rings. The molecule has 0 saturated heterocycles. The molecule has 2 rings (SSSR count). The smallest absolute Gasteiger partial charge is 0.319 e. The minimum Gasteiger partial charge on any atom is -0.319 e. The summed E-state index contributed by atoms with van der Waals surface area (Å²) >= 11 is 0. The van der Waals surface area contributed by atoms with Crippen LogP contribution in [0.25, 0.3) is 0 Å². The van der Waals surface area contributed by atoms with Crippen molar-refractivity contribution in [3.8, 4) is 0 Å². The average Bonchev–Trinajstić information content (AvgIpc) is 2.45. The summed E-state index contributed by atoms with van der Waals surface area (Å²) in [5.41, 5.74) is 1.45. The second kappa shape index (κ2) is 6.83. The number of hydrogen-bond donors (Lipinski definition) is 0. The fraction of sp³-hybridized carbons (Fsp3) is 0.733. The van der Waals surface area contributed by atoms with Gasteiger partial charge >= 0.3 is 11.9 Å². The monoisotopic (exact) mass is 294 g/mol. The lowest BCUT2D eigenvalue weighted by Crippen LogP contribution is -2.44. The summed E-state index contributed by atoms with van der Waals surface area (Å²) in [6.07, 6.45) is 7.67. The van der Waals surface area contributed by atoms with Crippen LogP contribution in [0.15, 0.2) is 10.3 Å². The van der Waals surface area contributed by atoms with Gasteiger partial charge in [0.25, 0.3) is 0 Å². The highest BCUT2D eigenvalue weighted by molar-refractivity contribution is 6.12. The van der Waals surface area contributed by atoms with Crippen molar-refractivity contribution in [3.63, 3.8) is 0 Å². The number of carbonyl (C=O) groups excluding carboxylic acids is 2. The molecular formula is C15H22N2O4. The van der Waals surface area contributed by atoms with Crippen molar-refractivity contribution in [2.45, 2.75) is 65.2 Å². The summed E-state index contributed by atoms with van der Waals surface area (Å²) in [5.74, 6) is -0.838. The van der Waals surface area contributed by atoms with Gasteiger partial charge in [0.1, 0.15) is 0 Å². The number of carbonyl (C=O) groups is 2. The van der Waals surface area contributed by atoms with Gasteiger partial charge in [-0.15, -0.1) is 0 Å². The Labute approximate surface area is 124 Å². The molecule has 2 aliphatic carbocycles. The van der Waals surface area contributed by atoms with E-state index in [-0.39, 0.29) is 5.41 Å². The number of rotatable bonds is 2. The fourth-order valence-corrected chi connectivity index (χ4v) is 3.29. The molecule has 0 bridgehead atoms. The van der Waals surface area contributed by atoms with E-state index >= 15 is 0 Å². The molecule has 1 spiro atoms. The molecule has 116 valence electrons. The van der Waals surface area contributed by atoms with Gasteiger partial charge in [0, 0.05) is 13.8 Å². The first-order valence-electron chi connectivity index (χ1n) is 7.54. The van der Waals surface area contributed by atoms with Crippen LogP contribution in [0.1, 0.15) is 65.2 Å². The summed E-state index contributed by atoms with van der Waals surface area (Å²) in [6, 6.07) is 0. The Bertz CT molecular complexity index is 438. The lowest BCUT2D eigenvalue weighted by molar-refractivity contribution is -0.141. The molecule has 0 aromatic carbocycles. The van der Waals surface area contributed by atoms with E-state index in [9.17, 15) is 9.59 Å². The van der Waals surface area contributed by atoms with Gasteiger partial charge in [-0.2, -0.15) is 0 Å². The Morgan fingerprint density at radius 2 is 1.29 bits per heavy atom. The van der Waals surface area contributed by atoms with Gasteiger partial charge in [-0.05, 0) is 38.5 Å². The van der Waals surface area contributed by atoms with Gasteiger partial charge in [0.05, 0.1) is 16.8 Å². The largest absolute Gasteiger partial charge is 0.331 e. The van der Waals surface area contributed by atoms with Crippen LogP contribution in [0.4, 0.5) is 0 Å². The molecule has 6 heteroatoms. The Balaban J connectivity index is 2.31. The molecule has 0 unspecified atom stereocenters. The van der Waals surface area contributed by atoms with Crippen molar-refractivity contribution in [3.05, 3.63) is 0 Å². The fourth-order valence-electron chi connectivity index (χ4n) is 3.29. The predicted molar refractivity (Wildman–Crippen MR) is 77.8 cm³/mol. The lowest BCUT2D eigenvalue weighted by atomic mass is 9.63. The second-order valence-corrected chi connectivity index (χ2v) is 5.74. The van der Waals surface area contributed by atoms with Crippen LogP contribution in [0.2, 0.25) is 0 Å². The first-order valence-corrected chi connectivity index (χ1v) is 7.54. The Morgan fingerprint density at radius 1 is 0.857 bits per heavy atom. The maximum atomic E-state index is 11.0. The van der Waals surface area contributed by atoms with Crippen molar-refractivity contribution < 1.29 is 19.3 Å². The van der Waals surface area contributed by atoms with Crippen LogP contribution in [0.3, 0.4) is 0 Å². The summed E-state index contributed by atoms with van der Waals surface area (Å²) in [6.45, 7) is 2.68. The van der Waals surface area contributed by atoms with E-state index in [0.717, 1.165) is 62.8 Å². The number of oxime groups is 2. The third-order valence-electron chi connectivity index (χ3n) is 4.21. The van der Waals surface area contributed by atoms with Crippen LogP contribution in [0.5, 0.6) is 0 Å². The topological polar surface area (TPSA) is 77.3 Å². The quantitative estimate of drug-likeness (QED) is 0.579. The normalized spacial score (nSPS) is 25.0. The van der Waals surface area contributed by atoms with E-state index in [0.29, 0.717) is 0 Å². The van der Waals surface area contributed by atoms with Crippen molar-refractivity contribution in [1.29, 1.82) is 0 Å². The van der Waals surface area contributed by atoms with Crippen molar-refractivity contribution in [1.82, 2.24) is 0 Å². The minimum absolute atomic E-state index is 0.290. The van der Waals surface area contributed by atoms with E-state index < -0.39 is 11.9 Å². The standard InChI is InChI=1S/C15H22N2O4/c1-11(18)20-16-13-7-3-5-9-15(13)10-6-4-8-14(15)17-21-12(2)19/h3-10H2,1-2H3/b16-13-,17-14-. The van der Waals surface area contributed by atoms with Crippen LogP contribution >= 0.6 is 0 Å². The first kappa shape index (κ1) is 15.7. The van der Waals surface area contributed by atoms with Gasteiger partial charge in [0.15, 0.2) is 0 Å². The van der Waals surface area contributed by atoms with Crippen LogP contribution < -0.4 is 0 Å². The van der Waals surface area contributed by atoms with Crippen molar-refractivity contribution in [2.75, 3.05) is 0 Å². The zero-order valence-corrected chi connectivity index (χ0v) is 12.7. The number of nitrogens with zero attached hydrogens (tertiary/aromatic N) is 2. The second-order valence-electron chi connectivity index (χ2n) is 5.74. The zero-order valence-electron chi connectivity index (χ0n) is 12.7. The predicted octanol–water partition coefficient (Wildman–Crippen LogP) is 2.96. The van der Waals surface area contributed by atoms with Gasteiger partial charge in [-0.3, -0.25) is 0 Å². The van der Waals surface area contributed by atoms with Gasteiger partial charge in [0.2, 0.25) is 0 Å². The van der Waals surface area contributed by atoms with Crippen LogP contribution in [0, 0.1) is 5.41 Å². The summed E-state index contributed by atoms with van der Waals surface area (Å²) in [5, 5.41) is 8.17. The molecule has 21 heavy (non-hydrogen) atoms. The van der Waals surface area contributed by atoms with E-state index in [2.05, 4.69) is 10.3 Å². The molecule has 6 nitrogen and oxygen atoms in total. The minimum atomic E-state index is -0.419. The van der Waals surface area contributed by atoms with E-state index in [4.69, 9.17) is 9.68 Å². The van der Waals surface area contributed by atoms with E-state index in [1.165, 1.54) is 13.8 Å².